The molecule has 1 aliphatic rings. The van der Waals surface area contributed by atoms with E-state index in [0.717, 1.165) is 26.1 Å². The molecular weight excluding hydrogens is 324 g/mol. The van der Waals surface area contributed by atoms with Crippen LogP contribution < -0.4 is 10.6 Å². The van der Waals surface area contributed by atoms with E-state index >= 15 is 0 Å². The third kappa shape index (κ3) is 4.28. The second kappa shape index (κ2) is 7.71. The molecule has 1 aromatic carbocycles. The largest absolute Gasteiger partial charge is 0.361 e. The number of rotatable bonds is 5. The predicted molar refractivity (Wildman–Crippen MR) is 92.6 cm³/mol. The van der Waals surface area contributed by atoms with Crippen LogP contribution in [0.25, 0.3) is 0 Å². The van der Waals surface area contributed by atoms with Gasteiger partial charge >= 0.3 is 0 Å². The Morgan fingerprint density at radius 2 is 2.36 bits per heavy atom. The summed E-state index contributed by atoms with van der Waals surface area (Å²) in [5, 5.41) is 17.7. The van der Waals surface area contributed by atoms with Crippen LogP contribution in [-0.2, 0) is 0 Å². The summed E-state index contributed by atoms with van der Waals surface area (Å²) in [6.07, 6.45) is 2.36. The van der Waals surface area contributed by atoms with E-state index < -0.39 is 4.92 Å². The molecule has 0 spiro atoms. The molecule has 6 nitrogen and oxygen atoms in total. The zero-order chi connectivity index (χ0) is 16.1. The summed E-state index contributed by atoms with van der Waals surface area (Å²) in [6, 6.07) is 4.71. The molecule has 1 fully saturated rings. The fourth-order valence-electron chi connectivity index (χ4n) is 2.64. The van der Waals surface area contributed by atoms with E-state index in [2.05, 4.69) is 22.5 Å². The third-order valence-corrected chi connectivity index (χ3v) is 4.39. The molecule has 0 aliphatic carbocycles. The van der Waals surface area contributed by atoms with Gasteiger partial charge in [0, 0.05) is 24.7 Å². The maximum absolute atomic E-state index is 10.8. The van der Waals surface area contributed by atoms with Crippen LogP contribution >= 0.6 is 23.8 Å². The smallest absolute Gasteiger partial charge is 0.271 e. The minimum Gasteiger partial charge on any atom is -0.361 e. The van der Waals surface area contributed by atoms with E-state index in [1.54, 1.807) is 0 Å². The lowest BCUT2D eigenvalue weighted by molar-refractivity contribution is -0.384. The summed E-state index contributed by atoms with van der Waals surface area (Å²) in [5.74, 6) is 0. The number of hydrogen-bond acceptors (Lipinski definition) is 4. The molecule has 2 rings (SSSR count). The van der Waals surface area contributed by atoms with Gasteiger partial charge in [0.1, 0.15) is 0 Å². The maximum Gasteiger partial charge on any atom is 0.271 e. The zero-order valence-corrected chi connectivity index (χ0v) is 13.9. The summed E-state index contributed by atoms with van der Waals surface area (Å²) in [7, 11) is 0. The number of benzene rings is 1. The van der Waals surface area contributed by atoms with E-state index in [9.17, 15) is 10.1 Å². The van der Waals surface area contributed by atoms with E-state index in [0.29, 0.717) is 21.9 Å². The molecule has 0 saturated carbocycles. The van der Waals surface area contributed by atoms with Gasteiger partial charge in [0.15, 0.2) is 5.11 Å². The van der Waals surface area contributed by atoms with Gasteiger partial charge in [-0.25, -0.2) is 0 Å². The Balaban J connectivity index is 1.92. The van der Waals surface area contributed by atoms with Crippen LogP contribution in [0.3, 0.4) is 0 Å². The number of likely N-dealkylation sites (tertiary alicyclic amines) is 1. The van der Waals surface area contributed by atoms with E-state index in [1.807, 2.05) is 0 Å². The molecule has 1 atom stereocenters. The lowest BCUT2D eigenvalue weighted by Gasteiger charge is -2.23. The number of nitro groups is 1. The van der Waals surface area contributed by atoms with Crippen molar-refractivity contribution in [2.75, 3.05) is 25.0 Å². The molecule has 1 unspecified atom stereocenters. The van der Waals surface area contributed by atoms with Gasteiger partial charge in [-0.1, -0.05) is 18.5 Å². The number of non-ortho nitro benzene ring substituents is 1. The first-order valence-electron chi connectivity index (χ1n) is 7.24. The second-order valence-corrected chi connectivity index (χ2v) is 6.00. The zero-order valence-electron chi connectivity index (χ0n) is 12.3. The molecule has 0 bridgehead atoms. The first kappa shape index (κ1) is 16.9. The highest BCUT2D eigenvalue weighted by Gasteiger charge is 2.22. The Hall–Kier alpha value is -1.44. The molecule has 1 saturated heterocycles. The van der Waals surface area contributed by atoms with Crippen LogP contribution in [0, 0.1) is 10.1 Å². The Bertz CT molecular complexity index is 570. The van der Waals surface area contributed by atoms with Gasteiger partial charge in [0.2, 0.25) is 0 Å². The number of nitrogens with zero attached hydrogens (tertiary/aromatic N) is 2. The highest BCUT2D eigenvalue weighted by Crippen LogP contribution is 2.26. The number of thiocarbonyl (C=S) groups is 1. The SMILES string of the molecule is CCN1CCCC1CNC(=S)Nc1cc([N+](=O)[O-])ccc1Cl. The third-order valence-electron chi connectivity index (χ3n) is 3.81. The van der Waals surface area contributed by atoms with E-state index in [-0.39, 0.29) is 5.69 Å². The van der Waals surface area contributed by atoms with Crippen molar-refractivity contribution in [2.45, 2.75) is 25.8 Å². The van der Waals surface area contributed by atoms with Crippen LogP contribution in [0.15, 0.2) is 18.2 Å². The van der Waals surface area contributed by atoms with Crippen molar-refractivity contribution in [3.8, 4) is 0 Å². The monoisotopic (exact) mass is 342 g/mol. The maximum atomic E-state index is 10.8. The highest BCUT2D eigenvalue weighted by atomic mass is 35.5. The average Bonchev–Trinajstić information content (AvgIpc) is 2.94. The quantitative estimate of drug-likeness (QED) is 0.487. The van der Waals surface area contributed by atoms with Crippen molar-refractivity contribution in [3.05, 3.63) is 33.3 Å². The van der Waals surface area contributed by atoms with Crippen LogP contribution in [0.1, 0.15) is 19.8 Å². The number of nitro benzene ring substituents is 1. The first-order chi connectivity index (χ1) is 10.5. The standard InChI is InChI=1S/C14H19ClN4O2S/c1-2-18-7-3-4-11(18)9-16-14(22)17-13-8-10(19(20)21)5-6-12(13)15/h5-6,8,11H,2-4,7,9H2,1H3,(H2,16,17,22). The Morgan fingerprint density at radius 3 is 3.05 bits per heavy atom. The lowest BCUT2D eigenvalue weighted by Crippen LogP contribution is -2.41. The second-order valence-electron chi connectivity index (χ2n) is 5.18. The summed E-state index contributed by atoms with van der Waals surface area (Å²) >= 11 is 11.3. The summed E-state index contributed by atoms with van der Waals surface area (Å²) in [4.78, 5) is 12.7. The van der Waals surface area contributed by atoms with Gasteiger partial charge in [0.25, 0.3) is 5.69 Å². The molecular formula is C14H19ClN4O2S. The molecule has 1 aliphatic heterocycles. The van der Waals surface area contributed by atoms with Crippen molar-refractivity contribution in [1.82, 2.24) is 10.2 Å². The van der Waals surface area contributed by atoms with Crippen molar-refractivity contribution < 1.29 is 4.92 Å². The molecule has 1 heterocycles. The van der Waals surface area contributed by atoms with E-state index in [4.69, 9.17) is 23.8 Å². The highest BCUT2D eigenvalue weighted by molar-refractivity contribution is 7.80. The van der Waals surface area contributed by atoms with Crippen molar-refractivity contribution in [1.29, 1.82) is 0 Å². The van der Waals surface area contributed by atoms with Gasteiger partial charge in [-0.3, -0.25) is 15.0 Å². The number of halogens is 1. The van der Waals surface area contributed by atoms with E-state index in [1.165, 1.54) is 24.6 Å². The predicted octanol–water partition coefficient (Wildman–Crippen LogP) is 3.02. The van der Waals surface area contributed by atoms with Crippen molar-refractivity contribution in [2.24, 2.45) is 0 Å². The molecule has 2 N–H and O–H groups in total. The number of nitrogens with one attached hydrogen (secondary N) is 2. The molecule has 1 aromatic rings. The molecule has 8 heteroatoms. The fraction of sp³-hybridized carbons (Fsp3) is 0.500. The van der Waals surface area contributed by atoms with Gasteiger partial charge in [0.05, 0.1) is 15.6 Å². The Morgan fingerprint density at radius 1 is 1.59 bits per heavy atom. The van der Waals surface area contributed by atoms with Gasteiger partial charge in [-0.05, 0) is 44.2 Å². The molecule has 22 heavy (non-hydrogen) atoms. The first-order valence-corrected chi connectivity index (χ1v) is 8.02. The topological polar surface area (TPSA) is 70.4 Å². The van der Waals surface area contributed by atoms with Gasteiger partial charge in [-0.15, -0.1) is 0 Å². The van der Waals surface area contributed by atoms with Crippen molar-refractivity contribution >= 4 is 40.3 Å². The molecule has 120 valence electrons. The molecule has 0 amide bonds. The number of likely N-dealkylation sites (N-methyl/N-ethyl adjacent to an activating group) is 1. The Kier molecular flexibility index (Phi) is 5.93. The van der Waals surface area contributed by atoms with Gasteiger partial charge in [-0.2, -0.15) is 0 Å². The average molecular weight is 343 g/mol. The minimum absolute atomic E-state index is 0.0253. The molecule has 0 radical (unpaired) electrons. The lowest BCUT2D eigenvalue weighted by atomic mass is 10.2. The number of hydrogen-bond donors (Lipinski definition) is 2. The normalized spacial score (nSPS) is 18.2. The van der Waals surface area contributed by atoms with Crippen LogP contribution in [0.2, 0.25) is 5.02 Å². The van der Waals surface area contributed by atoms with Crippen LogP contribution in [0.5, 0.6) is 0 Å². The van der Waals surface area contributed by atoms with Gasteiger partial charge < -0.3 is 10.6 Å². The Labute approximate surface area is 140 Å². The summed E-state index contributed by atoms with van der Waals surface area (Å²) in [6.45, 7) is 5.06. The minimum atomic E-state index is -0.463. The van der Waals surface area contributed by atoms with Crippen LogP contribution in [-0.4, -0.2) is 40.6 Å². The van der Waals surface area contributed by atoms with Crippen LogP contribution in [0.4, 0.5) is 11.4 Å². The summed E-state index contributed by atoms with van der Waals surface area (Å²) in [5.41, 5.74) is 0.412. The number of anilines is 1. The fourth-order valence-corrected chi connectivity index (χ4v) is 3.00. The molecule has 0 aromatic heterocycles. The van der Waals surface area contributed by atoms with Crippen molar-refractivity contribution in [3.63, 3.8) is 0 Å². The summed E-state index contributed by atoms with van der Waals surface area (Å²) < 4.78 is 0.